The fourth-order valence-electron chi connectivity index (χ4n) is 1.82. The number of ether oxygens (including phenoxy) is 2. The summed E-state index contributed by atoms with van der Waals surface area (Å²) < 4.78 is 12.4. The van der Waals surface area contributed by atoms with Gasteiger partial charge >= 0.3 is 0 Å². The number of rotatable bonds is 7. The summed E-state index contributed by atoms with van der Waals surface area (Å²) in [5.74, 6) is 1.90. The second-order valence-corrected chi connectivity index (χ2v) is 6.52. The van der Waals surface area contributed by atoms with Crippen LogP contribution in [0.4, 0.5) is 0 Å². The van der Waals surface area contributed by atoms with Crippen molar-refractivity contribution >= 4 is 0 Å². The molecular formula is C18H30O2. The summed E-state index contributed by atoms with van der Waals surface area (Å²) >= 11 is 0. The molecule has 0 atom stereocenters. The lowest BCUT2D eigenvalue weighted by Gasteiger charge is -2.29. The molecule has 0 amide bonds. The molecule has 0 heterocycles. The van der Waals surface area contributed by atoms with Gasteiger partial charge in [-0.2, -0.15) is 0 Å². The molecule has 2 heteroatoms. The second kappa shape index (κ2) is 6.51. The van der Waals surface area contributed by atoms with E-state index < -0.39 is 0 Å². The smallest absolute Gasteiger partial charge is 0.126 e. The molecule has 1 aromatic rings. The third kappa shape index (κ3) is 4.43. The van der Waals surface area contributed by atoms with E-state index in [1.54, 1.807) is 0 Å². The van der Waals surface area contributed by atoms with Crippen molar-refractivity contribution in [2.75, 3.05) is 0 Å². The van der Waals surface area contributed by atoms with Crippen LogP contribution in [0.15, 0.2) is 18.2 Å². The summed E-state index contributed by atoms with van der Waals surface area (Å²) in [5, 5.41) is 0. The first-order chi connectivity index (χ1) is 9.24. The van der Waals surface area contributed by atoms with E-state index in [4.69, 9.17) is 9.47 Å². The fourth-order valence-corrected chi connectivity index (χ4v) is 1.82. The monoisotopic (exact) mass is 278 g/mol. The molecule has 0 aliphatic rings. The molecule has 0 radical (unpaired) electrons. The summed E-state index contributed by atoms with van der Waals surface area (Å²) in [5.41, 5.74) is 0.863. The molecule has 20 heavy (non-hydrogen) atoms. The molecule has 0 aromatic heterocycles. The Morgan fingerprint density at radius 1 is 0.800 bits per heavy atom. The van der Waals surface area contributed by atoms with E-state index in [1.165, 1.54) is 0 Å². The van der Waals surface area contributed by atoms with E-state index in [9.17, 15) is 0 Å². The lowest BCUT2D eigenvalue weighted by molar-refractivity contribution is 0.0937. The molecule has 0 N–H and O–H groups in total. The molecule has 0 unspecified atom stereocenters. The van der Waals surface area contributed by atoms with Gasteiger partial charge in [0.1, 0.15) is 22.7 Å². The van der Waals surface area contributed by atoms with E-state index in [1.807, 2.05) is 18.2 Å². The minimum Gasteiger partial charge on any atom is -0.487 e. The van der Waals surface area contributed by atoms with Gasteiger partial charge < -0.3 is 9.47 Å². The Morgan fingerprint density at radius 3 is 1.50 bits per heavy atom. The van der Waals surface area contributed by atoms with Crippen molar-refractivity contribution in [1.29, 1.82) is 0 Å². The zero-order chi connectivity index (χ0) is 15.4. The van der Waals surface area contributed by atoms with Gasteiger partial charge in [0.2, 0.25) is 0 Å². The minimum absolute atomic E-state index is 0.150. The zero-order valence-corrected chi connectivity index (χ0v) is 14.2. The first-order valence-electron chi connectivity index (χ1n) is 7.74. The molecule has 0 saturated carbocycles. The van der Waals surface area contributed by atoms with Crippen LogP contribution in [0.1, 0.15) is 66.9 Å². The number of hydrogen-bond acceptors (Lipinski definition) is 2. The largest absolute Gasteiger partial charge is 0.487 e. The van der Waals surface area contributed by atoms with Crippen LogP contribution in [-0.4, -0.2) is 11.2 Å². The van der Waals surface area contributed by atoms with Crippen LogP contribution >= 0.6 is 0 Å². The SMILES string of the molecule is CCc1c(OC(C)(C)CC)cccc1OC(C)(C)CC. The predicted octanol–water partition coefficient (Wildman–Crippen LogP) is 5.38. The van der Waals surface area contributed by atoms with Gasteiger partial charge in [0.05, 0.1) is 0 Å². The van der Waals surface area contributed by atoms with Gasteiger partial charge in [-0.15, -0.1) is 0 Å². The first-order valence-corrected chi connectivity index (χ1v) is 7.74. The van der Waals surface area contributed by atoms with Gasteiger partial charge in [0.25, 0.3) is 0 Å². The summed E-state index contributed by atoms with van der Waals surface area (Å²) in [7, 11) is 0. The average molecular weight is 278 g/mol. The van der Waals surface area contributed by atoms with Crippen LogP contribution < -0.4 is 9.47 Å². The van der Waals surface area contributed by atoms with E-state index in [2.05, 4.69) is 48.5 Å². The van der Waals surface area contributed by atoms with Gasteiger partial charge in [-0.05, 0) is 59.1 Å². The average Bonchev–Trinajstić information content (AvgIpc) is 2.38. The van der Waals surface area contributed by atoms with Crippen molar-refractivity contribution in [3.8, 4) is 11.5 Å². The molecular weight excluding hydrogens is 248 g/mol. The summed E-state index contributed by atoms with van der Waals surface area (Å²) in [6, 6.07) is 6.10. The maximum absolute atomic E-state index is 6.18. The molecule has 0 aliphatic carbocycles. The van der Waals surface area contributed by atoms with Crippen LogP contribution in [0.5, 0.6) is 11.5 Å². The zero-order valence-electron chi connectivity index (χ0n) is 14.2. The summed E-state index contributed by atoms with van der Waals surface area (Å²) in [4.78, 5) is 0. The van der Waals surface area contributed by atoms with Crippen molar-refractivity contribution in [3.63, 3.8) is 0 Å². The standard InChI is InChI=1S/C18H30O2/c1-8-14-15(19-17(4,5)9-2)12-11-13-16(14)20-18(6,7)10-3/h11-13H,8-10H2,1-7H3. The maximum atomic E-state index is 6.18. The summed E-state index contributed by atoms with van der Waals surface area (Å²) in [6.07, 6.45) is 2.86. The Labute approximate surface area is 124 Å². The quantitative estimate of drug-likeness (QED) is 0.666. The third-order valence-electron chi connectivity index (χ3n) is 3.92. The molecule has 0 bridgehead atoms. The summed E-state index contributed by atoms with van der Waals surface area (Å²) in [6.45, 7) is 14.9. The highest BCUT2D eigenvalue weighted by Crippen LogP contribution is 2.34. The highest BCUT2D eigenvalue weighted by atomic mass is 16.5. The lowest BCUT2D eigenvalue weighted by Crippen LogP contribution is -2.29. The Kier molecular flexibility index (Phi) is 5.50. The molecule has 2 nitrogen and oxygen atoms in total. The molecule has 1 rings (SSSR count). The highest BCUT2D eigenvalue weighted by molar-refractivity contribution is 5.45. The highest BCUT2D eigenvalue weighted by Gasteiger charge is 2.22. The van der Waals surface area contributed by atoms with Crippen LogP contribution in [0.25, 0.3) is 0 Å². The number of hydrogen-bond donors (Lipinski definition) is 0. The third-order valence-corrected chi connectivity index (χ3v) is 3.92. The van der Waals surface area contributed by atoms with Gasteiger partial charge in [-0.1, -0.05) is 26.8 Å². The van der Waals surface area contributed by atoms with Crippen LogP contribution in [-0.2, 0) is 6.42 Å². The minimum atomic E-state index is -0.150. The second-order valence-electron chi connectivity index (χ2n) is 6.52. The van der Waals surface area contributed by atoms with E-state index in [-0.39, 0.29) is 11.2 Å². The molecule has 1 aromatic carbocycles. The number of benzene rings is 1. The van der Waals surface area contributed by atoms with Crippen LogP contribution in [0.3, 0.4) is 0 Å². The van der Waals surface area contributed by atoms with Crippen molar-refractivity contribution in [1.82, 2.24) is 0 Å². The van der Waals surface area contributed by atoms with E-state index in [0.29, 0.717) is 0 Å². The molecule has 0 fully saturated rings. The van der Waals surface area contributed by atoms with E-state index >= 15 is 0 Å². The van der Waals surface area contributed by atoms with Crippen molar-refractivity contribution < 1.29 is 9.47 Å². The van der Waals surface area contributed by atoms with Crippen LogP contribution in [0, 0.1) is 0 Å². The van der Waals surface area contributed by atoms with Crippen LogP contribution in [0.2, 0.25) is 0 Å². The maximum Gasteiger partial charge on any atom is 0.126 e. The normalized spacial score (nSPS) is 12.3. The van der Waals surface area contributed by atoms with Crippen molar-refractivity contribution in [3.05, 3.63) is 23.8 Å². The van der Waals surface area contributed by atoms with Crippen molar-refractivity contribution in [2.45, 2.75) is 78.9 Å². The Hall–Kier alpha value is -1.18. The van der Waals surface area contributed by atoms with Gasteiger partial charge in [0, 0.05) is 5.56 Å². The van der Waals surface area contributed by atoms with Crippen molar-refractivity contribution in [2.24, 2.45) is 0 Å². The first kappa shape index (κ1) is 16.9. The predicted molar refractivity (Wildman–Crippen MR) is 85.8 cm³/mol. The van der Waals surface area contributed by atoms with E-state index in [0.717, 1.165) is 36.3 Å². The van der Waals surface area contributed by atoms with Gasteiger partial charge in [-0.25, -0.2) is 0 Å². The fraction of sp³-hybridized carbons (Fsp3) is 0.667. The molecule has 114 valence electrons. The Morgan fingerprint density at radius 2 is 1.20 bits per heavy atom. The Balaban J connectivity index is 3.10. The lowest BCUT2D eigenvalue weighted by atomic mass is 10.0. The molecule has 0 saturated heterocycles. The molecule has 0 aliphatic heterocycles. The molecule has 0 spiro atoms. The topological polar surface area (TPSA) is 18.5 Å². The Bertz CT molecular complexity index is 397. The van der Waals surface area contributed by atoms with Gasteiger partial charge in [-0.3, -0.25) is 0 Å². The van der Waals surface area contributed by atoms with Gasteiger partial charge in [0.15, 0.2) is 0 Å².